The first-order chi connectivity index (χ1) is 12.2. The summed E-state index contributed by atoms with van der Waals surface area (Å²) in [7, 11) is 0. The van der Waals surface area contributed by atoms with Gasteiger partial charge in [0.05, 0.1) is 23.5 Å². The van der Waals surface area contributed by atoms with Gasteiger partial charge < -0.3 is 20.7 Å². The molecule has 0 saturated heterocycles. The van der Waals surface area contributed by atoms with E-state index in [1.807, 2.05) is 0 Å². The Morgan fingerprint density at radius 3 is 2.64 bits per heavy atom. The van der Waals surface area contributed by atoms with Gasteiger partial charge in [-0.2, -0.15) is 0 Å². The highest BCUT2D eigenvalue weighted by atomic mass is 79.9. The predicted octanol–water partition coefficient (Wildman–Crippen LogP) is 2.87. The van der Waals surface area contributed by atoms with Crippen molar-refractivity contribution in [3.63, 3.8) is 0 Å². The summed E-state index contributed by atoms with van der Waals surface area (Å²) in [5.74, 6) is 0.319. The van der Waals surface area contributed by atoms with Crippen LogP contribution in [0.3, 0.4) is 0 Å². The fourth-order valence-electron chi connectivity index (χ4n) is 2.55. The van der Waals surface area contributed by atoms with Gasteiger partial charge in [-0.1, -0.05) is 22.0 Å². The van der Waals surface area contributed by atoms with Crippen LogP contribution in [0.25, 0.3) is 0 Å². The number of para-hydroxylation sites is 1. The van der Waals surface area contributed by atoms with E-state index in [1.54, 1.807) is 42.5 Å². The smallest absolute Gasteiger partial charge is 0.255 e. The number of alkyl halides is 1. The van der Waals surface area contributed by atoms with E-state index in [0.29, 0.717) is 47.9 Å². The lowest BCUT2D eigenvalue weighted by atomic mass is 10.1. The molecule has 1 aliphatic rings. The molecular weight excluding hydrogens is 386 g/mol. The van der Waals surface area contributed by atoms with Gasteiger partial charge in [-0.25, -0.2) is 0 Å². The lowest BCUT2D eigenvalue weighted by Crippen LogP contribution is -2.24. The molecule has 0 atom stereocenters. The van der Waals surface area contributed by atoms with E-state index in [9.17, 15) is 9.59 Å². The van der Waals surface area contributed by atoms with Crippen LogP contribution in [0.2, 0.25) is 0 Å². The molecule has 0 radical (unpaired) electrons. The first-order valence-electron chi connectivity index (χ1n) is 7.94. The molecule has 0 bridgehead atoms. The zero-order valence-electron chi connectivity index (χ0n) is 13.5. The number of fused-ring (bicyclic) bond motifs is 1. The molecule has 0 saturated carbocycles. The zero-order valence-corrected chi connectivity index (χ0v) is 15.1. The van der Waals surface area contributed by atoms with Crippen LogP contribution >= 0.6 is 15.9 Å². The van der Waals surface area contributed by atoms with E-state index < -0.39 is 0 Å². The predicted molar refractivity (Wildman–Crippen MR) is 101 cm³/mol. The Bertz CT molecular complexity index is 778. The van der Waals surface area contributed by atoms with Crippen molar-refractivity contribution < 1.29 is 14.3 Å². The van der Waals surface area contributed by atoms with Crippen molar-refractivity contribution in [2.75, 3.05) is 35.7 Å². The molecule has 2 aromatic rings. The standard InChI is InChI=1S/C18H18BrN3O3/c19-8-11-25-13-6-4-12(5-7-13)17(23)22-15-3-1-2-14-16(15)20-9-10-21-18(14)24/h1-7,20H,8-11H2,(H,21,24)(H,22,23). The third-order valence-electron chi connectivity index (χ3n) is 3.73. The van der Waals surface area contributed by atoms with Crippen molar-refractivity contribution in [1.82, 2.24) is 5.32 Å². The van der Waals surface area contributed by atoms with Crippen LogP contribution in [0.4, 0.5) is 11.4 Å². The molecule has 6 nitrogen and oxygen atoms in total. The number of anilines is 2. The maximum Gasteiger partial charge on any atom is 0.255 e. The van der Waals surface area contributed by atoms with Crippen molar-refractivity contribution in [2.45, 2.75) is 0 Å². The topological polar surface area (TPSA) is 79.5 Å². The van der Waals surface area contributed by atoms with Gasteiger partial charge in [-0.3, -0.25) is 9.59 Å². The Hall–Kier alpha value is -2.54. The van der Waals surface area contributed by atoms with Gasteiger partial charge in [0.2, 0.25) is 0 Å². The minimum absolute atomic E-state index is 0.149. The molecule has 130 valence electrons. The number of carbonyl (C=O) groups is 2. The van der Waals surface area contributed by atoms with Gasteiger partial charge in [-0.05, 0) is 36.4 Å². The third-order valence-corrected chi connectivity index (χ3v) is 4.06. The van der Waals surface area contributed by atoms with Crippen LogP contribution in [0, 0.1) is 0 Å². The van der Waals surface area contributed by atoms with Crippen LogP contribution < -0.4 is 20.7 Å². The summed E-state index contributed by atoms with van der Waals surface area (Å²) in [5, 5.41) is 9.61. The summed E-state index contributed by atoms with van der Waals surface area (Å²) in [6.45, 7) is 1.71. The van der Waals surface area contributed by atoms with Crippen molar-refractivity contribution in [3.05, 3.63) is 53.6 Å². The lowest BCUT2D eigenvalue weighted by molar-refractivity contribution is 0.0956. The van der Waals surface area contributed by atoms with E-state index in [4.69, 9.17) is 4.74 Å². The minimum atomic E-state index is -0.244. The van der Waals surface area contributed by atoms with Gasteiger partial charge in [-0.15, -0.1) is 0 Å². The van der Waals surface area contributed by atoms with Gasteiger partial charge in [0.25, 0.3) is 11.8 Å². The highest BCUT2D eigenvalue weighted by Crippen LogP contribution is 2.28. The van der Waals surface area contributed by atoms with Crippen molar-refractivity contribution in [3.8, 4) is 5.75 Å². The highest BCUT2D eigenvalue weighted by molar-refractivity contribution is 9.09. The molecule has 25 heavy (non-hydrogen) atoms. The van der Waals surface area contributed by atoms with Gasteiger partial charge in [0.15, 0.2) is 0 Å². The average Bonchev–Trinajstić information content (AvgIpc) is 2.83. The van der Waals surface area contributed by atoms with Gasteiger partial charge in [0, 0.05) is 24.0 Å². The Morgan fingerprint density at radius 1 is 1.12 bits per heavy atom. The van der Waals surface area contributed by atoms with Gasteiger partial charge in [0.1, 0.15) is 5.75 Å². The summed E-state index contributed by atoms with van der Waals surface area (Å²) in [6, 6.07) is 12.2. The molecule has 0 aromatic heterocycles. The molecule has 0 unspecified atom stereocenters. The maximum absolute atomic E-state index is 12.5. The molecule has 0 aliphatic carbocycles. The van der Waals surface area contributed by atoms with Crippen molar-refractivity contribution in [2.24, 2.45) is 0 Å². The number of halogens is 1. The number of carbonyl (C=O) groups excluding carboxylic acids is 2. The normalized spacial score (nSPS) is 13.1. The average molecular weight is 404 g/mol. The monoisotopic (exact) mass is 403 g/mol. The van der Waals surface area contributed by atoms with E-state index >= 15 is 0 Å². The number of hydrogen-bond donors (Lipinski definition) is 3. The fourth-order valence-corrected chi connectivity index (χ4v) is 2.71. The van der Waals surface area contributed by atoms with E-state index in [-0.39, 0.29) is 11.8 Å². The van der Waals surface area contributed by atoms with E-state index in [1.165, 1.54) is 0 Å². The number of rotatable bonds is 5. The van der Waals surface area contributed by atoms with E-state index in [2.05, 4.69) is 31.9 Å². The summed E-state index contributed by atoms with van der Waals surface area (Å²) < 4.78 is 5.48. The number of ether oxygens (including phenoxy) is 1. The molecule has 0 spiro atoms. The fraction of sp³-hybridized carbons (Fsp3) is 0.222. The largest absolute Gasteiger partial charge is 0.493 e. The van der Waals surface area contributed by atoms with Gasteiger partial charge >= 0.3 is 0 Å². The van der Waals surface area contributed by atoms with Crippen LogP contribution in [-0.2, 0) is 0 Å². The van der Waals surface area contributed by atoms with Crippen molar-refractivity contribution >= 4 is 39.1 Å². The first-order valence-corrected chi connectivity index (χ1v) is 9.06. The molecule has 2 aromatic carbocycles. The summed E-state index contributed by atoms with van der Waals surface area (Å²) in [5.41, 5.74) is 2.26. The Morgan fingerprint density at radius 2 is 1.88 bits per heavy atom. The maximum atomic E-state index is 12.5. The Balaban J connectivity index is 1.77. The number of hydrogen-bond acceptors (Lipinski definition) is 4. The highest BCUT2D eigenvalue weighted by Gasteiger charge is 2.18. The number of nitrogens with one attached hydrogen (secondary N) is 3. The third kappa shape index (κ3) is 4.11. The summed E-state index contributed by atoms with van der Waals surface area (Å²) >= 11 is 3.30. The minimum Gasteiger partial charge on any atom is -0.493 e. The van der Waals surface area contributed by atoms with E-state index in [0.717, 1.165) is 5.33 Å². The van der Waals surface area contributed by atoms with Crippen LogP contribution in [0.1, 0.15) is 20.7 Å². The zero-order chi connectivity index (χ0) is 17.6. The first kappa shape index (κ1) is 17.3. The second-order valence-electron chi connectivity index (χ2n) is 5.43. The summed E-state index contributed by atoms with van der Waals surface area (Å²) in [4.78, 5) is 24.6. The number of amides is 2. The molecule has 3 rings (SSSR count). The molecule has 7 heteroatoms. The Labute approximate surface area is 154 Å². The SMILES string of the molecule is O=C(Nc1cccc2c1NCCNC2=O)c1ccc(OCCBr)cc1. The van der Waals surface area contributed by atoms with Crippen molar-refractivity contribution in [1.29, 1.82) is 0 Å². The second-order valence-corrected chi connectivity index (χ2v) is 6.22. The Kier molecular flexibility index (Phi) is 5.55. The molecule has 1 heterocycles. The van der Waals surface area contributed by atoms with Crippen LogP contribution in [0.15, 0.2) is 42.5 Å². The lowest BCUT2D eigenvalue weighted by Gasteiger charge is -2.14. The van der Waals surface area contributed by atoms with Crippen LogP contribution in [0.5, 0.6) is 5.75 Å². The molecule has 1 aliphatic heterocycles. The molecule has 0 fully saturated rings. The molecular formula is C18H18BrN3O3. The second kappa shape index (κ2) is 8.02. The quantitative estimate of drug-likeness (QED) is 0.670. The summed E-state index contributed by atoms with van der Waals surface area (Å²) in [6.07, 6.45) is 0. The molecule has 2 amide bonds. The number of benzene rings is 2. The van der Waals surface area contributed by atoms with Crippen LogP contribution in [-0.4, -0.2) is 36.8 Å². The molecule has 3 N–H and O–H groups in total.